The lowest BCUT2D eigenvalue weighted by molar-refractivity contribution is -0.138. The zero-order chi connectivity index (χ0) is 26.4. The van der Waals surface area contributed by atoms with Gasteiger partial charge in [-0.25, -0.2) is 0 Å². The molecule has 0 spiro atoms. The molecule has 3 rings (SSSR count). The van der Waals surface area contributed by atoms with Crippen LogP contribution in [0.3, 0.4) is 0 Å². The second kappa shape index (κ2) is 12.4. The lowest BCUT2D eigenvalue weighted by atomic mass is 10.0. The number of benzene rings is 1. The quantitative estimate of drug-likeness (QED) is 0.473. The molecule has 3 atom stereocenters. The first-order valence-corrected chi connectivity index (χ1v) is 13.3. The summed E-state index contributed by atoms with van der Waals surface area (Å²) in [5.41, 5.74) is 1.46. The Bertz CT molecular complexity index is 943. The molecule has 36 heavy (non-hydrogen) atoms. The molecule has 1 N–H and O–H groups in total. The maximum atomic E-state index is 13.6. The zero-order valence-corrected chi connectivity index (χ0v) is 22.5. The summed E-state index contributed by atoms with van der Waals surface area (Å²) in [5, 5.41) is 2.92. The molecular formula is C28H42N4O4. The van der Waals surface area contributed by atoms with Crippen LogP contribution in [-0.2, 0) is 14.4 Å². The van der Waals surface area contributed by atoms with Gasteiger partial charge in [0.2, 0.25) is 11.8 Å². The molecule has 0 aromatic heterocycles. The van der Waals surface area contributed by atoms with Gasteiger partial charge in [0.05, 0.1) is 12.6 Å². The molecular weight excluding hydrogens is 456 g/mol. The summed E-state index contributed by atoms with van der Waals surface area (Å²) in [6.45, 7) is 6.63. The van der Waals surface area contributed by atoms with Crippen LogP contribution in [0.2, 0.25) is 0 Å². The first-order chi connectivity index (χ1) is 17.1. The van der Waals surface area contributed by atoms with E-state index < -0.39 is 12.1 Å². The number of carbonyl (C=O) groups is 4. The SMILES string of the molecule is CCCCCCC(=O)N1CC(=O)[C@@H]2C1CCN2C(=O)[C@H](CC(C)C)NC(=O)c1ccc(N(C)C)cc1. The lowest BCUT2D eigenvalue weighted by Crippen LogP contribution is -2.53. The average Bonchev–Trinajstić information content (AvgIpc) is 3.42. The van der Waals surface area contributed by atoms with Crippen LogP contribution in [0, 0.1) is 5.92 Å². The van der Waals surface area contributed by atoms with Gasteiger partial charge in [0.1, 0.15) is 12.1 Å². The molecule has 0 aliphatic carbocycles. The molecule has 1 aromatic carbocycles. The highest BCUT2D eigenvalue weighted by Gasteiger charge is 2.52. The summed E-state index contributed by atoms with van der Waals surface area (Å²) in [6.07, 6.45) is 5.56. The number of hydrogen-bond acceptors (Lipinski definition) is 5. The van der Waals surface area contributed by atoms with E-state index in [4.69, 9.17) is 0 Å². The van der Waals surface area contributed by atoms with Crippen molar-refractivity contribution in [2.45, 2.75) is 83.8 Å². The van der Waals surface area contributed by atoms with Crippen LogP contribution in [0.5, 0.6) is 0 Å². The number of anilines is 1. The van der Waals surface area contributed by atoms with Crippen molar-refractivity contribution in [3.63, 3.8) is 0 Å². The Morgan fingerprint density at radius 2 is 1.75 bits per heavy atom. The second-order valence-corrected chi connectivity index (χ2v) is 10.7. The Morgan fingerprint density at radius 3 is 2.36 bits per heavy atom. The third kappa shape index (κ3) is 6.45. The summed E-state index contributed by atoms with van der Waals surface area (Å²) in [6, 6.07) is 5.64. The number of carbonyl (C=O) groups excluding carboxylic acids is 4. The number of amides is 3. The van der Waals surface area contributed by atoms with Crippen LogP contribution in [0.25, 0.3) is 0 Å². The van der Waals surface area contributed by atoms with Crippen molar-refractivity contribution in [2.75, 3.05) is 32.1 Å². The van der Waals surface area contributed by atoms with E-state index in [1.165, 1.54) is 0 Å². The molecule has 8 nitrogen and oxygen atoms in total. The predicted octanol–water partition coefficient (Wildman–Crippen LogP) is 3.25. The molecule has 2 heterocycles. The fourth-order valence-electron chi connectivity index (χ4n) is 5.28. The minimum Gasteiger partial charge on any atom is -0.378 e. The van der Waals surface area contributed by atoms with Crippen LogP contribution in [0.1, 0.15) is 76.1 Å². The van der Waals surface area contributed by atoms with Gasteiger partial charge in [-0.1, -0.05) is 40.0 Å². The number of Topliss-reactive ketones (excluding diaryl/α,β-unsaturated/α-hetero) is 1. The van der Waals surface area contributed by atoms with E-state index in [2.05, 4.69) is 12.2 Å². The number of fused-ring (bicyclic) bond motifs is 1. The minimum atomic E-state index is -0.726. The lowest BCUT2D eigenvalue weighted by Gasteiger charge is -2.29. The summed E-state index contributed by atoms with van der Waals surface area (Å²) in [5.74, 6) is -0.443. The maximum absolute atomic E-state index is 13.6. The van der Waals surface area contributed by atoms with Gasteiger partial charge in [0, 0.05) is 38.3 Å². The van der Waals surface area contributed by atoms with Crippen LogP contribution in [0.4, 0.5) is 5.69 Å². The van der Waals surface area contributed by atoms with E-state index in [-0.39, 0.29) is 42.0 Å². The number of hydrogen-bond donors (Lipinski definition) is 1. The fourth-order valence-corrected chi connectivity index (χ4v) is 5.28. The number of rotatable bonds is 11. The Labute approximate surface area is 215 Å². The van der Waals surface area contributed by atoms with Crippen LogP contribution in [-0.4, -0.2) is 78.6 Å². The number of ketones is 1. The van der Waals surface area contributed by atoms with Crippen molar-refractivity contribution in [3.8, 4) is 0 Å². The number of unbranched alkanes of at least 4 members (excludes halogenated alkanes) is 3. The smallest absolute Gasteiger partial charge is 0.251 e. The fraction of sp³-hybridized carbons (Fsp3) is 0.643. The summed E-state index contributed by atoms with van der Waals surface area (Å²) in [4.78, 5) is 57.7. The number of nitrogens with one attached hydrogen (secondary N) is 1. The molecule has 1 aromatic rings. The van der Waals surface area contributed by atoms with Gasteiger partial charge in [0.25, 0.3) is 5.91 Å². The molecule has 8 heteroatoms. The van der Waals surface area contributed by atoms with E-state index in [9.17, 15) is 19.2 Å². The Balaban J connectivity index is 1.69. The maximum Gasteiger partial charge on any atom is 0.251 e. The second-order valence-electron chi connectivity index (χ2n) is 10.7. The van der Waals surface area contributed by atoms with Gasteiger partial charge in [-0.15, -0.1) is 0 Å². The van der Waals surface area contributed by atoms with Gasteiger partial charge < -0.3 is 20.0 Å². The minimum absolute atomic E-state index is 0.00876. The predicted molar refractivity (Wildman–Crippen MR) is 141 cm³/mol. The van der Waals surface area contributed by atoms with Crippen molar-refractivity contribution in [1.29, 1.82) is 0 Å². The van der Waals surface area contributed by atoms with E-state index in [1.807, 2.05) is 45.0 Å². The van der Waals surface area contributed by atoms with Crippen LogP contribution >= 0.6 is 0 Å². The highest BCUT2D eigenvalue weighted by atomic mass is 16.2. The van der Waals surface area contributed by atoms with Crippen molar-refractivity contribution in [3.05, 3.63) is 29.8 Å². The summed E-state index contributed by atoms with van der Waals surface area (Å²) >= 11 is 0. The van der Waals surface area contributed by atoms with Gasteiger partial charge in [0.15, 0.2) is 5.78 Å². The molecule has 3 amide bonds. The molecule has 2 saturated heterocycles. The highest BCUT2D eigenvalue weighted by Crippen LogP contribution is 2.31. The van der Waals surface area contributed by atoms with E-state index in [1.54, 1.807) is 21.9 Å². The number of nitrogens with zero attached hydrogens (tertiary/aromatic N) is 3. The highest BCUT2D eigenvalue weighted by molar-refractivity contribution is 6.01. The molecule has 2 aliphatic rings. The monoisotopic (exact) mass is 498 g/mol. The van der Waals surface area contributed by atoms with Crippen molar-refractivity contribution in [1.82, 2.24) is 15.1 Å². The van der Waals surface area contributed by atoms with Crippen LogP contribution < -0.4 is 10.2 Å². The van der Waals surface area contributed by atoms with Gasteiger partial charge in [-0.2, -0.15) is 0 Å². The molecule has 0 radical (unpaired) electrons. The summed E-state index contributed by atoms with van der Waals surface area (Å²) < 4.78 is 0. The first kappa shape index (κ1) is 27.7. The Kier molecular flexibility index (Phi) is 9.51. The van der Waals surface area contributed by atoms with E-state index in [0.717, 1.165) is 31.4 Å². The number of likely N-dealkylation sites (tertiary alicyclic amines) is 2. The molecule has 2 aliphatic heterocycles. The Hall–Kier alpha value is -2.90. The Morgan fingerprint density at radius 1 is 1.06 bits per heavy atom. The molecule has 2 fully saturated rings. The average molecular weight is 499 g/mol. The molecule has 198 valence electrons. The first-order valence-electron chi connectivity index (χ1n) is 13.3. The largest absolute Gasteiger partial charge is 0.378 e. The third-order valence-corrected chi connectivity index (χ3v) is 7.23. The van der Waals surface area contributed by atoms with Gasteiger partial charge in [-0.05, 0) is 49.4 Å². The molecule has 0 bridgehead atoms. The van der Waals surface area contributed by atoms with Gasteiger partial charge >= 0.3 is 0 Å². The normalized spacial score (nSPS) is 20.0. The summed E-state index contributed by atoms with van der Waals surface area (Å²) in [7, 11) is 3.86. The third-order valence-electron chi connectivity index (χ3n) is 7.23. The van der Waals surface area contributed by atoms with Crippen molar-refractivity contribution < 1.29 is 19.2 Å². The van der Waals surface area contributed by atoms with Crippen molar-refractivity contribution in [2.24, 2.45) is 5.92 Å². The van der Waals surface area contributed by atoms with Gasteiger partial charge in [-0.3, -0.25) is 19.2 Å². The zero-order valence-electron chi connectivity index (χ0n) is 22.5. The molecule has 0 saturated carbocycles. The van der Waals surface area contributed by atoms with E-state index >= 15 is 0 Å². The topological polar surface area (TPSA) is 90.0 Å². The standard InChI is InChI=1S/C28H42N4O4/c1-6-7-8-9-10-25(34)32-18-24(33)26-23(32)15-16-31(26)28(36)22(17-19(2)3)29-27(35)20-11-13-21(14-12-20)30(4)5/h11-14,19,22-23,26H,6-10,15-18H2,1-5H3,(H,29,35)/t22-,23?,26-/m0/s1. The van der Waals surface area contributed by atoms with Crippen LogP contribution in [0.15, 0.2) is 24.3 Å². The van der Waals surface area contributed by atoms with Crippen molar-refractivity contribution >= 4 is 29.2 Å². The van der Waals surface area contributed by atoms with E-state index in [0.29, 0.717) is 31.4 Å². The molecule has 1 unspecified atom stereocenters.